The zero-order valence-corrected chi connectivity index (χ0v) is 8.65. The largest absolute Gasteiger partial charge is 0.354 e. The lowest BCUT2D eigenvalue weighted by Crippen LogP contribution is -2.06. The third kappa shape index (κ3) is 3.01. The Labute approximate surface area is 92.2 Å². The number of aryl methyl sites for hydroxylation is 1. The van der Waals surface area contributed by atoms with Gasteiger partial charge < -0.3 is 10.3 Å². The molecule has 0 atom stereocenters. The minimum absolute atomic E-state index is 0.430. The van der Waals surface area contributed by atoms with E-state index in [1.54, 1.807) is 12.4 Å². The average molecular weight is 221 g/mol. The highest BCUT2D eigenvalue weighted by Crippen LogP contribution is 1.99. The first-order chi connectivity index (χ1) is 7.84. The standard InChI is InChI=1S/C10H12FN5/c11-8-6-15-10(16-7-8)14-3-1-2-9-12-4-5-13-9/h4-7H,1-3H2,(H,12,13)(H,14,15,16). The summed E-state index contributed by atoms with van der Waals surface area (Å²) in [4.78, 5) is 14.7. The molecular weight excluding hydrogens is 209 g/mol. The number of halogens is 1. The summed E-state index contributed by atoms with van der Waals surface area (Å²) in [6.07, 6.45) is 7.58. The first kappa shape index (κ1) is 10.5. The fraction of sp³-hybridized carbons (Fsp3) is 0.300. The number of nitrogens with zero attached hydrogens (tertiary/aromatic N) is 3. The van der Waals surface area contributed by atoms with Crippen LogP contribution >= 0.6 is 0 Å². The molecule has 6 heteroatoms. The number of anilines is 1. The maximum Gasteiger partial charge on any atom is 0.222 e. The second-order valence-corrected chi connectivity index (χ2v) is 3.29. The molecule has 0 saturated heterocycles. The Bertz CT molecular complexity index is 411. The number of nitrogens with one attached hydrogen (secondary N) is 2. The third-order valence-corrected chi connectivity index (χ3v) is 2.05. The van der Waals surface area contributed by atoms with Gasteiger partial charge in [-0.25, -0.2) is 19.3 Å². The fourth-order valence-electron chi connectivity index (χ4n) is 1.29. The van der Waals surface area contributed by atoms with Gasteiger partial charge >= 0.3 is 0 Å². The molecule has 2 aromatic rings. The zero-order chi connectivity index (χ0) is 11.2. The van der Waals surface area contributed by atoms with Crippen LogP contribution in [0.2, 0.25) is 0 Å². The van der Waals surface area contributed by atoms with E-state index in [1.165, 1.54) is 0 Å². The van der Waals surface area contributed by atoms with Crippen LogP contribution in [-0.4, -0.2) is 26.5 Å². The van der Waals surface area contributed by atoms with E-state index in [1.807, 2.05) is 0 Å². The quantitative estimate of drug-likeness (QED) is 0.748. The minimum Gasteiger partial charge on any atom is -0.354 e. The molecule has 0 bridgehead atoms. The summed E-state index contributed by atoms with van der Waals surface area (Å²) >= 11 is 0. The lowest BCUT2D eigenvalue weighted by Gasteiger charge is -2.02. The van der Waals surface area contributed by atoms with Gasteiger partial charge in [0.2, 0.25) is 5.95 Å². The number of rotatable bonds is 5. The van der Waals surface area contributed by atoms with Crippen LogP contribution in [0.5, 0.6) is 0 Å². The lowest BCUT2D eigenvalue weighted by molar-refractivity contribution is 0.614. The van der Waals surface area contributed by atoms with E-state index >= 15 is 0 Å². The molecule has 2 N–H and O–H groups in total. The Kier molecular flexibility index (Phi) is 3.42. The topological polar surface area (TPSA) is 66.5 Å². The smallest absolute Gasteiger partial charge is 0.222 e. The molecule has 2 rings (SSSR count). The van der Waals surface area contributed by atoms with Crippen molar-refractivity contribution in [2.45, 2.75) is 12.8 Å². The van der Waals surface area contributed by atoms with Gasteiger partial charge in [-0.1, -0.05) is 0 Å². The Morgan fingerprint density at radius 2 is 2.06 bits per heavy atom. The molecule has 0 aliphatic rings. The van der Waals surface area contributed by atoms with Crippen LogP contribution in [0, 0.1) is 5.82 Å². The predicted molar refractivity (Wildman–Crippen MR) is 57.4 cm³/mol. The van der Waals surface area contributed by atoms with Crippen molar-refractivity contribution in [3.05, 3.63) is 36.4 Å². The van der Waals surface area contributed by atoms with Crippen molar-refractivity contribution >= 4 is 5.95 Å². The van der Waals surface area contributed by atoms with Crippen molar-refractivity contribution in [3.8, 4) is 0 Å². The second kappa shape index (κ2) is 5.20. The van der Waals surface area contributed by atoms with Crippen LogP contribution in [0.4, 0.5) is 10.3 Å². The van der Waals surface area contributed by atoms with Crippen LogP contribution in [0.1, 0.15) is 12.2 Å². The van der Waals surface area contributed by atoms with E-state index in [2.05, 4.69) is 25.3 Å². The number of hydrogen-bond donors (Lipinski definition) is 2. The van der Waals surface area contributed by atoms with E-state index in [4.69, 9.17) is 0 Å². The van der Waals surface area contributed by atoms with Gasteiger partial charge in [-0.05, 0) is 6.42 Å². The van der Waals surface area contributed by atoms with Crippen molar-refractivity contribution in [2.75, 3.05) is 11.9 Å². The Hall–Kier alpha value is -1.98. The summed E-state index contributed by atoms with van der Waals surface area (Å²) in [5, 5.41) is 3.00. The van der Waals surface area contributed by atoms with Crippen LogP contribution < -0.4 is 5.32 Å². The summed E-state index contributed by atoms with van der Waals surface area (Å²) in [6, 6.07) is 0. The minimum atomic E-state index is -0.430. The van der Waals surface area contributed by atoms with E-state index in [0.717, 1.165) is 37.6 Å². The molecule has 0 saturated carbocycles. The lowest BCUT2D eigenvalue weighted by atomic mass is 10.3. The molecule has 16 heavy (non-hydrogen) atoms. The summed E-state index contributed by atoms with van der Waals surface area (Å²) in [6.45, 7) is 0.729. The number of hydrogen-bond acceptors (Lipinski definition) is 4. The summed E-state index contributed by atoms with van der Waals surface area (Å²) < 4.78 is 12.5. The van der Waals surface area contributed by atoms with Gasteiger partial charge in [-0.3, -0.25) is 0 Å². The van der Waals surface area contributed by atoms with Crippen LogP contribution in [-0.2, 0) is 6.42 Å². The van der Waals surface area contributed by atoms with Gasteiger partial charge in [0.1, 0.15) is 5.82 Å². The summed E-state index contributed by atoms with van der Waals surface area (Å²) in [5.74, 6) is 0.976. The zero-order valence-electron chi connectivity index (χ0n) is 8.65. The predicted octanol–water partition coefficient (Wildman–Crippen LogP) is 1.38. The molecule has 0 aromatic carbocycles. The molecule has 0 aliphatic heterocycles. The Balaban J connectivity index is 1.70. The highest BCUT2D eigenvalue weighted by molar-refractivity contribution is 5.21. The van der Waals surface area contributed by atoms with E-state index in [-0.39, 0.29) is 0 Å². The van der Waals surface area contributed by atoms with Crippen molar-refractivity contribution in [3.63, 3.8) is 0 Å². The van der Waals surface area contributed by atoms with Gasteiger partial charge in [0.25, 0.3) is 0 Å². The fourth-order valence-corrected chi connectivity index (χ4v) is 1.29. The van der Waals surface area contributed by atoms with Crippen LogP contribution in [0.3, 0.4) is 0 Å². The van der Waals surface area contributed by atoms with Crippen LogP contribution in [0.15, 0.2) is 24.8 Å². The summed E-state index contributed by atoms with van der Waals surface area (Å²) in [7, 11) is 0. The van der Waals surface area contributed by atoms with Gasteiger partial charge in [0.15, 0.2) is 5.82 Å². The molecule has 0 amide bonds. The molecule has 0 spiro atoms. The Morgan fingerprint density at radius 1 is 1.25 bits per heavy atom. The van der Waals surface area contributed by atoms with Gasteiger partial charge in [-0.2, -0.15) is 0 Å². The number of aromatic amines is 1. The van der Waals surface area contributed by atoms with Crippen molar-refractivity contribution in [1.82, 2.24) is 19.9 Å². The molecule has 0 radical (unpaired) electrons. The van der Waals surface area contributed by atoms with Crippen molar-refractivity contribution in [2.24, 2.45) is 0 Å². The normalized spacial score (nSPS) is 10.3. The molecular formula is C10H12FN5. The molecule has 2 heterocycles. The number of imidazole rings is 1. The first-order valence-electron chi connectivity index (χ1n) is 5.04. The second-order valence-electron chi connectivity index (χ2n) is 3.29. The summed E-state index contributed by atoms with van der Waals surface area (Å²) in [5.41, 5.74) is 0. The maximum absolute atomic E-state index is 12.5. The van der Waals surface area contributed by atoms with Gasteiger partial charge in [0.05, 0.1) is 12.4 Å². The molecule has 84 valence electrons. The number of aromatic nitrogens is 4. The van der Waals surface area contributed by atoms with E-state index in [0.29, 0.717) is 5.95 Å². The van der Waals surface area contributed by atoms with Crippen molar-refractivity contribution < 1.29 is 4.39 Å². The average Bonchev–Trinajstić information content (AvgIpc) is 2.80. The Morgan fingerprint density at radius 3 is 2.75 bits per heavy atom. The van der Waals surface area contributed by atoms with Crippen LogP contribution in [0.25, 0.3) is 0 Å². The maximum atomic E-state index is 12.5. The molecule has 5 nitrogen and oxygen atoms in total. The highest BCUT2D eigenvalue weighted by Gasteiger charge is 1.97. The highest BCUT2D eigenvalue weighted by atomic mass is 19.1. The molecule has 0 fully saturated rings. The van der Waals surface area contributed by atoms with E-state index < -0.39 is 5.82 Å². The molecule has 0 aliphatic carbocycles. The first-order valence-corrected chi connectivity index (χ1v) is 5.04. The third-order valence-electron chi connectivity index (χ3n) is 2.05. The van der Waals surface area contributed by atoms with Crippen molar-refractivity contribution in [1.29, 1.82) is 0 Å². The van der Waals surface area contributed by atoms with Gasteiger partial charge in [0, 0.05) is 25.4 Å². The number of H-pyrrole nitrogens is 1. The molecule has 2 aromatic heterocycles. The SMILES string of the molecule is Fc1cnc(NCCCc2ncc[nH]2)nc1. The molecule has 0 unspecified atom stereocenters. The van der Waals surface area contributed by atoms with E-state index in [9.17, 15) is 4.39 Å². The van der Waals surface area contributed by atoms with Gasteiger partial charge in [-0.15, -0.1) is 0 Å². The monoisotopic (exact) mass is 221 g/mol.